The van der Waals surface area contributed by atoms with E-state index in [2.05, 4.69) is 15.3 Å². The number of rotatable bonds is 3. The number of aromatic nitrogens is 3. The second-order valence-corrected chi connectivity index (χ2v) is 5.21. The maximum absolute atomic E-state index is 11.8. The fourth-order valence-corrected chi connectivity index (χ4v) is 2.46. The van der Waals surface area contributed by atoms with Gasteiger partial charge in [0.15, 0.2) is 0 Å². The van der Waals surface area contributed by atoms with Crippen LogP contribution in [0, 0.1) is 13.8 Å². The summed E-state index contributed by atoms with van der Waals surface area (Å²) in [5, 5.41) is 3.55. The lowest BCUT2D eigenvalue weighted by Crippen LogP contribution is -2.30. The van der Waals surface area contributed by atoms with Crippen molar-refractivity contribution in [1.29, 1.82) is 0 Å². The van der Waals surface area contributed by atoms with Gasteiger partial charge in [0.1, 0.15) is 5.69 Å². The number of aromatic amines is 2. The highest BCUT2D eigenvalue weighted by Crippen LogP contribution is 2.16. The lowest BCUT2D eigenvalue weighted by molar-refractivity contribution is 0.0945. The lowest BCUT2D eigenvalue weighted by Gasteiger charge is -2.03. The molecule has 0 bridgehead atoms. The molecule has 2 rings (SSSR count). The van der Waals surface area contributed by atoms with Crippen molar-refractivity contribution in [2.75, 3.05) is 0 Å². The van der Waals surface area contributed by atoms with Gasteiger partial charge in [0.2, 0.25) is 0 Å². The van der Waals surface area contributed by atoms with Crippen LogP contribution in [-0.4, -0.2) is 20.9 Å². The molecule has 3 N–H and O–H groups in total. The third-order valence-electron chi connectivity index (χ3n) is 2.41. The first-order valence-corrected chi connectivity index (χ1v) is 6.32. The molecular weight excluding hydrogens is 268 g/mol. The number of nitrogens with zero attached hydrogens (tertiary/aromatic N) is 1. The summed E-state index contributed by atoms with van der Waals surface area (Å²) in [5.74, 6) is -0.506. The topological polar surface area (TPSA) is 108 Å². The van der Waals surface area contributed by atoms with Crippen LogP contribution < -0.4 is 16.6 Å². The smallest absolute Gasteiger partial charge is 0.326 e. The standard InChI is InChI=1S/C11H12N4O3S/c1-5-8(19-6(2)13-5)4-12-10(17)7-3-9(16)15-11(18)14-7/h3H,4H2,1-2H3,(H,12,17)(H2,14,15,16,18). The number of carbonyl (C=O) groups is 1. The van der Waals surface area contributed by atoms with Crippen molar-refractivity contribution >= 4 is 17.2 Å². The molecule has 0 saturated heterocycles. The molecule has 0 aliphatic heterocycles. The van der Waals surface area contributed by atoms with Crippen LogP contribution in [0.4, 0.5) is 0 Å². The summed E-state index contributed by atoms with van der Waals surface area (Å²) in [7, 11) is 0. The van der Waals surface area contributed by atoms with Crippen LogP contribution >= 0.6 is 11.3 Å². The number of thiazole rings is 1. The van der Waals surface area contributed by atoms with E-state index in [1.165, 1.54) is 11.3 Å². The van der Waals surface area contributed by atoms with Crippen LogP contribution in [0.2, 0.25) is 0 Å². The van der Waals surface area contributed by atoms with Gasteiger partial charge in [0.05, 0.1) is 17.2 Å². The Balaban J connectivity index is 2.11. The van der Waals surface area contributed by atoms with Gasteiger partial charge in [-0.15, -0.1) is 11.3 Å². The molecule has 19 heavy (non-hydrogen) atoms. The van der Waals surface area contributed by atoms with E-state index in [0.29, 0.717) is 6.54 Å². The minimum atomic E-state index is -0.706. The highest BCUT2D eigenvalue weighted by Gasteiger charge is 2.10. The molecule has 0 aliphatic carbocycles. The van der Waals surface area contributed by atoms with Crippen molar-refractivity contribution in [2.24, 2.45) is 0 Å². The maximum atomic E-state index is 11.8. The highest BCUT2D eigenvalue weighted by atomic mass is 32.1. The van der Waals surface area contributed by atoms with Gasteiger partial charge in [-0.3, -0.25) is 14.6 Å². The summed E-state index contributed by atoms with van der Waals surface area (Å²) in [6.07, 6.45) is 0. The van der Waals surface area contributed by atoms with E-state index >= 15 is 0 Å². The van der Waals surface area contributed by atoms with Gasteiger partial charge < -0.3 is 10.3 Å². The first-order chi connectivity index (χ1) is 8.95. The van der Waals surface area contributed by atoms with Crippen molar-refractivity contribution < 1.29 is 4.79 Å². The molecule has 7 nitrogen and oxygen atoms in total. The van der Waals surface area contributed by atoms with Gasteiger partial charge in [0, 0.05) is 10.9 Å². The normalized spacial score (nSPS) is 10.4. The number of aryl methyl sites for hydroxylation is 2. The second kappa shape index (κ2) is 5.19. The average Bonchev–Trinajstić information content (AvgIpc) is 2.63. The highest BCUT2D eigenvalue weighted by molar-refractivity contribution is 7.11. The first kappa shape index (κ1) is 13.2. The fraction of sp³-hybridized carbons (Fsp3) is 0.273. The molecule has 0 fully saturated rings. The minimum absolute atomic E-state index is 0.0624. The number of hydrogen-bond donors (Lipinski definition) is 3. The summed E-state index contributed by atoms with van der Waals surface area (Å²) in [4.78, 5) is 43.4. The molecule has 0 unspecified atom stereocenters. The van der Waals surface area contributed by atoms with Crippen molar-refractivity contribution in [3.63, 3.8) is 0 Å². The number of nitrogens with one attached hydrogen (secondary N) is 3. The molecule has 1 amide bonds. The summed E-state index contributed by atoms with van der Waals surface area (Å²) in [6.45, 7) is 4.06. The Kier molecular flexibility index (Phi) is 3.61. The molecular formula is C11H12N4O3S. The van der Waals surface area contributed by atoms with Crippen molar-refractivity contribution in [1.82, 2.24) is 20.3 Å². The van der Waals surface area contributed by atoms with Crippen molar-refractivity contribution in [2.45, 2.75) is 20.4 Å². The lowest BCUT2D eigenvalue weighted by atomic mass is 10.3. The Hall–Kier alpha value is -2.22. The fourth-order valence-electron chi connectivity index (χ4n) is 1.58. The zero-order valence-corrected chi connectivity index (χ0v) is 11.2. The third-order valence-corrected chi connectivity index (χ3v) is 3.49. The van der Waals surface area contributed by atoms with E-state index in [1.807, 2.05) is 18.8 Å². The van der Waals surface area contributed by atoms with E-state index in [0.717, 1.165) is 21.6 Å². The van der Waals surface area contributed by atoms with E-state index in [9.17, 15) is 14.4 Å². The Morgan fingerprint density at radius 3 is 2.68 bits per heavy atom. The van der Waals surface area contributed by atoms with Crippen LogP contribution in [0.25, 0.3) is 0 Å². The Morgan fingerprint density at radius 1 is 1.37 bits per heavy atom. The number of hydrogen-bond acceptors (Lipinski definition) is 5. The molecule has 0 spiro atoms. The summed E-state index contributed by atoms with van der Waals surface area (Å²) < 4.78 is 0. The van der Waals surface area contributed by atoms with Gasteiger partial charge in [-0.1, -0.05) is 0 Å². The Labute approximate surface area is 111 Å². The SMILES string of the molecule is Cc1nc(C)c(CNC(=O)c2cc(=O)[nH]c(=O)[nH]2)s1. The van der Waals surface area contributed by atoms with E-state index in [4.69, 9.17) is 0 Å². The Morgan fingerprint density at radius 2 is 2.11 bits per heavy atom. The van der Waals surface area contributed by atoms with Gasteiger partial charge in [-0.05, 0) is 13.8 Å². The van der Waals surface area contributed by atoms with E-state index in [-0.39, 0.29) is 5.69 Å². The number of amides is 1. The predicted molar refractivity (Wildman–Crippen MR) is 70.4 cm³/mol. The summed E-state index contributed by atoms with van der Waals surface area (Å²) in [5.41, 5.74) is -0.518. The molecule has 0 aromatic carbocycles. The quantitative estimate of drug-likeness (QED) is 0.739. The molecule has 2 aromatic heterocycles. The minimum Gasteiger partial charge on any atom is -0.346 e. The molecule has 100 valence electrons. The number of carbonyl (C=O) groups excluding carboxylic acids is 1. The Bertz CT molecular complexity index is 700. The van der Waals surface area contributed by atoms with Crippen LogP contribution in [0.3, 0.4) is 0 Å². The van der Waals surface area contributed by atoms with Gasteiger partial charge in [-0.2, -0.15) is 0 Å². The molecule has 0 atom stereocenters. The summed E-state index contributed by atoms with van der Waals surface area (Å²) >= 11 is 1.49. The van der Waals surface area contributed by atoms with Crippen LogP contribution in [-0.2, 0) is 6.54 Å². The second-order valence-electron chi connectivity index (χ2n) is 3.93. The molecule has 0 saturated carbocycles. The molecule has 0 aliphatic rings. The molecule has 2 heterocycles. The zero-order valence-electron chi connectivity index (χ0n) is 10.4. The average molecular weight is 280 g/mol. The van der Waals surface area contributed by atoms with Crippen LogP contribution in [0.15, 0.2) is 15.7 Å². The van der Waals surface area contributed by atoms with Crippen molar-refractivity contribution in [3.05, 3.63) is 48.2 Å². The summed E-state index contributed by atoms with van der Waals surface area (Å²) in [6, 6.07) is 1.04. The van der Waals surface area contributed by atoms with Gasteiger partial charge in [0.25, 0.3) is 11.5 Å². The largest absolute Gasteiger partial charge is 0.346 e. The van der Waals surface area contributed by atoms with Crippen molar-refractivity contribution in [3.8, 4) is 0 Å². The van der Waals surface area contributed by atoms with E-state index in [1.54, 1.807) is 0 Å². The third kappa shape index (κ3) is 3.16. The molecule has 2 aromatic rings. The number of H-pyrrole nitrogens is 2. The molecule has 0 radical (unpaired) electrons. The van der Waals surface area contributed by atoms with E-state index < -0.39 is 17.2 Å². The van der Waals surface area contributed by atoms with Gasteiger partial charge >= 0.3 is 5.69 Å². The zero-order chi connectivity index (χ0) is 14.0. The van der Waals surface area contributed by atoms with Crippen LogP contribution in [0.5, 0.6) is 0 Å². The van der Waals surface area contributed by atoms with Crippen LogP contribution in [0.1, 0.15) is 26.1 Å². The predicted octanol–water partition coefficient (Wildman–Crippen LogP) is 0.0665. The van der Waals surface area contributed by atoms with Gasteiger partial charge in [-0.25, -0.2) is 9.78 Å². The maximum Gasteiger partial charge on any atom is 0.326 e. The monoisotopic (exact) mass is 280 g/mol. The molecule has 8 heteroatoms. The first-order valence-electron chi connectivity index (χ1n) is 5.50.